The number of rotatable bonds is 8. The zero-order valence-corrected chi connectivity index (χ0v) is 16.5. The lowest BCUT2D eigenvalue weighted by Gasteiger charge is -2.28. The summed E-state index contributed by atoms with van der Waals surface area (Å²) in [5, 5.41) is 6.47. The molecule has 2 N–H and O–H groups in total. The number of halogens is 1. The number of ketones is 1. The van der Waals surface area contributed by atoms with Gasteiger partial charge in [-0.25, -0.2) is 0 Å². The van der Waals surface area contributed by atoms with Crippen LogP contribution in [-0.2, 0) is 4.79 Å². The Morgan fingerprint density at radius 2 is 2.08 bits per heavy atom. The smallest absolute Gasteiger partial charge is 0.220 e. The monoisotopic (exact) mass is 384 g/mol. The summed E-state index contributed by atoms with van der Waals surface area (Å²) in [7, 11) is 1.54. The van der Waals surface area contributed by atoms with Gasteiger partial charge in [-0.3, -0.25) is 9.59 Å². The van der Waals surface area contributed by atoms with Gasteiger partial charge in [-0.05, 0) is 57.9 Å². The lowest BCUT2D eigenvalue weighted by atomic mass is 10.0. The van der Waals surface area contributed by atoms with Crippen molar-refractivity contribution in [2.24, 2.45) is 0 Å². The first-order valence-electron chi connectivity index (χ1n) is 8.84. The molecule has 0 radical (unpaired) electrons. The van der Waals surface area contributed by atoms with Crippen molar-refractivity contribution in [1.29, 1.82) is 0 Å². The molecule has 1 fully saturated rings. The lowest BCUT2D eigenvalue weighted by molar-refractivity contribution is -0.122. The molecule has 2 unspecified atom stereocenters. The minimum absolute atomic E-state index is 0. The second-order valence-corrected chi connectivity index (χ2v) is 6.52. The molecule has 2 atom stereocenters. The molecule has 1 aromatic rings. The third-order valence-electron chi connectivity index (χ3n) is 4.36. The van der Waals surface area contributed by atoms with E-state index in [4.69, 9.17) is 9.47 Å². The van der Waals surface area contributed by atoms with Crippen LogP contribution in [0.3, 0.4) is 0 Å². The van der Waals surface area contributed by atoms with E-state index in [1.54, 1.807) is 25.3 Å². The van der Waals surface area contributed by atoms with E-state index in [-0.39, 0.29) is 30.1 Å². The molecular weight excluding hydrogens is 356 g/mol. The highest BCUT2D eigenvalue weighted by Crippen LogP contribution is 2.28. The summed E-state index contributed by atoms with van der Waals surface area (Å²) in [6.45, 7) is 5.02. The number of hydrogen-bond donors (Lipinski definition) is 2. The van der Waals surface area contributed by atoms with E-state index in [0.717, 1.165) is 19.4 Å². The van der Waals surface area contributed by atoms with Crippen molar-refractivity contribution >= 4 is 24.1 Å². The van der Waals surface area contributed by atoms with Gasteiger partial charge >= 0.3 is 0 Å². The highest BCUT2D eigenvalue weighted by atomic mass is 35.5. The molecule has 0 aromatic heterocycles. The summed E-state index contributed by atoms with van der Waals surface area (Å²) < 4.78 is 11.0. The van der Waals surface area contributed by atoms with Crippen LogP contribution < -0.4 is 20.1 Å². The van der Waals surface area contributed by atoms with Crippen LogP contribution in [0.4, 0.5) is 0 Å². The first-order chi connectivity index (χ1) is 12.0. The highest BCUT2D eigenvalue weighted by molar-refractivity contribution is 5.94. The minimum atomic E-state index is -0.0197. The van der Waals surface area contributed by atoms with E-state index in [1.807, 2.05) is 0 Å². The zero-order valence-electron chi connectivity index (χ0n) is 15.7. The third-order valence-corrected chi connectivity index (χ3v) is 4.36. The van der Waals surface area contributed by atoms with E-state index >= 15 is 0 Å². The molecule has 6 nitrogen and oxygen atoms in total. The average Bonchev–Trinajstić information content (AvgIpc) is 2.58. The number of carbonyl (C=O) groups excluding carboxylic acids is 2. The van der Waals surface area contributed by atoms with Gasteiger partial charge in [0.15, 0.2) is 17.3 Å². The number of carbonyl (C=O) groups is 2. The number of methoxy groups -OCH3 is 1. The fourth-order valence-corrected chi connectivity index (χ4v) is 2.98. The lowest BCUT2D eigenvalue weighted by Crippen LogP contribution is -2.46. The topological polar surface area (TPSA) is 76.7 Å². The van der Waals surface area contributed by atoms with Gasteiger partial charge in [-0.15, -0.1) is 12.4 Å². The number of nitrogens with one attached hydrogen (secondary N) is 2. The summed E-state index contributed by atoms with van der Waals surface area (Å²) >= 11 is 0. The number of Topliss-reactive ketones (excluding diaryl/α,β-unsaturated/α-hetero) is 1. The maximum atomic E-state index is 12.0. The van der Waals surface area contributed by atoms with Crippen LogP contribution in [0.15, 0.2) is 18.2 Å². The molecule has 2 rings (SSSR count). The maximum Gasteiger partial charge on any atom is 0.220 e. The molecule has 1 aliphatic heterocycles. The Kier molecular flexibility index (Phi) is 9.44. The number of piperidine rings is 1. The SMILES string of the molecule is COc1cc(C(C)=O)ccc1OCCCC(=O)NC1CCNC(C)C1.Cl. The molecule has 1 aromatic carbocycles. The van der Waals surface area contributed by atoms with Crippen molar-refractivity contribution in [3.8, 4) is 11.5 Å². The maximum absolute atomic E-state index is 12.0. The standard InChI is InChI=1S/C19H28N2O4.ClH/c1-13-11-16(8-9-20-13)21-19(23)5-4-10-25-17-7-6-15(14(2)22)12-18(17)24-3;/h6-7,12-13,16,20H,4-5,8-11H2,1-3H3,(H,21,23);1H. The van der Waals surface area contributed by atoms with Crippen molar-refractivity contribution in [2.45, 2.75) is 51.6 Å². The number of ether oxygens (including phenoxy) is 2. The van der Waals surface area contributed by atoms with Crippen LogP contribution in [0.2, 0.25) is 0 Å². The summed E-state index contributed by atoms with van der Waals surface area (Å²) in [5.41, 5.74) is 0.583. The largest absolute Gasteiger partial charge is 0.493 e. The van der Waals surface area contributed by atoms with Gasteiger partial charge in [-0.1, -0.05) is 0 Å². The van der Waals surface area contributed by atoms with E-state index < -0.39 is 0 Å². The fourth-order valence-electron chi connectivity index (χ4n) is 2.98. The van der Waals surface area contributed by atoms with E-state index in [9.17, 15) is 9.59 Å². The first-order valence-corrected chi connectivity index (χ1v) is 8.84. The van der Waals surface area contributed by atoms with Crippen LogP contribution in [0.5, 0.6) is 11.5 Å². The van der Waals surface area contributed by atoms with Crippen LogP contribution >= 0.6 is 12.4 Å². The van der Waals surface area contributed by atoms with Crippen molar-refractivity contribution in [2.75, 3.05) is 20.3 Å². The molecule has 0 aliphatic carbocycles. The summed E-state index contributed by atoms with van der Waals surface area (Å²) in [5.74, 6) is 1.16. The van der Waals surface area contributed by atoms with Gasteiger partial charge < -0.3 is 20.1 Å². The van der Waals surface area contributed by atoms with Gasteiger partial charge in [0.1, 0.15) is 0 Å². The van der Waals surface area contributed by atoms with Crippen LogP contribution in [0.25, 0.3) is 0 Å². The van der Waals surface area contributed by atoms with Crippen molar-refractivity contribution < 1.29 is 19.1 Å². The predicted octanol–water partition coefficient (Wildman–Crippen LogP) is 2.74. The third kappa shape index (κ3) is 6.84. The Hall–Kier alpha value is -1.79. The summed E-state index contributed by atoms with van der Waals surface area (Å²) in [4.78, 5) is 23.4. The Labute approximate surface area is 161 Å². The summed E-state index contributed by atoms with van der Waals surface area (Å²) in [6, 6.07) is 5.83. The fraction of sp³-hybridized carbons (Fsp3) is 0.579. The van der Waals surface area contributed by atoms with Gasteiger partial charge in [0.2, 0.25) is 5.91 Å². The Bertz CT molecular complexity index is 609. The van der Waals surface area contributed by atoms with Gasteiger partial charge in [0.25, 0.3) is 0 Å². The number of amides is 1. The molecule has 26 heavy (non-hydrogen) atoms. The Morgan fingerprint density at radius 3 is 2.73 bits per heavy atom. The molecule has 1 aliphatic rings. The van der Waals surface area contributed by atoms with Gasteiger partial charge in [0.05, 0.1) is 13.7 Å². The van der Waals surface area contributed by atoms with E-state index in [1.165, 1.54) is 6.92 Å². The van der Waals surface area contributed by atoms with E-state index in [0.29, 0.717) is 42.6 Å². The Morgan fingerprint density at radius 1 is 1.31 bits per heavy atom. The second kappa shape index (κ2) is 11.0. The van der Waals surface area contributed by atoms with Gasteiger partial charge in [0, 0.05) is 24.1 Å². The molecule has 0 saturated carbocycles. The van der Waals surface area contributed by atoms with Crippen molar-refractivity contribution in [3.63, 3.8) is 0 Å². The van der Waals surface area contributed by atoms with Crippen molar-refractivity contribution in [3.05, 3.63) is 23.8 Å². The zero-order chi connectivity index (χ0) is 18.2. The van der Waals surface area contributed by atoms with Crippen LogP contribution in [0, 0.1) is 0 Å². The molecule has 1 heterocycles. The van der Waals surface area contributed by atoms with Crippen molar-refractivity contribution in [1.82, 2.24) is 10.6 Å². The molecule has 0 bridgehead atoms. The average molecular weight is 385 g/mol. The first kappa shape index (κ1) is 22.3. The molecule has 1 amide bonds. The molecular formula is C19H29ClN2O4. The van der Waals surface area contributed by atoms with Gasteiger partial charge in [-0.2, -0.15) is 0 Å². The Balaban J connectivity index is 0.00000338. The second-order valence-electron chi connectivity index (χ2n) is 6.52. The number of benzene rings is 1. The quantitative estimate of drug-likeness (QED) is 0.532. The van der Waals surface area contributed by atoms with Crippen LogP contribution in [-0.4, -0.2) is 44.0 Å². The van der Waals surface area contributed by atoms with E-state index in [2.05, 4.69) is 17.6 Å². The molecule has 0 spiro atoms. The normalized spacial score (nSPS) is 19.2. The van der Waals surface area contributed by atoms with Crippen LogP contribution in [0.1, 0.15) is 49.9 Å². The molecule has 7 heteroatoms. The molecule has 1 saturated heterocycles. The summed E-state index contributed by atoms with van der Waals surface area (Å²) in [6.07, 6.45) is 3.02. The number of hydrogen-bond acceptors (Lipinski definition) is 5. The minimum Gasteiger partial charge on any atom is -0.493 e. The predicted molar refractivity (Wildman–Crippen MR) is 104 cm³/mol. The molecule has 146 valence electrons. The highest BCUT2D eigenvalue weighted by Gasteiger charge is 2.19.